The van der Waals surface area contributed by atoms with Crippen LogP contribution in [-0.4, -0.2) is 23.1 Å². The summed E-state index contributed by atoms with van der Waals surface area (Å²) < 4.78 is 5.34. The molecule has 292 valence electrons. The van der Waals surface area contributed by atoms with Gasteiger partial charge in [0.25, 0.3) is 0 Å². The third kappa shape index (κ3) is 39.0. The van der Waals surface area contributed by atoms with E-state index in [0.717, 1.165) is 57.8 Å². The Kier molecular flexibility index (Phi) is 40.0. The summed E-state index contributed by atoms with van der Waals surface area (Å²) in [5.41, 5.74) is 0. The summed E-state index contributed by atoms with van der Waals surface area (Å²) in [6.45, 7) is 4.45. The van der Waals surface area contributed by atoms with Crippen LogP contribution in [0.4, 0.5) is 0 Å². The van der Waals surface area contributed by atoms with Crippen LogP contribution in [-0.2, 0) is 14.3 Å². The van der Waals surface area contributed by atoms with Crippen LogP contribution in [0.2, 0.25) is 0 Å². The number of hydrogen-bond acceptors (Lipinski definition) is 3. The average Bonchev–Trinajstić information content (AvgIpc) is 3.11. The SMILES string of the molecule is CC/C=C\C/C=C\C/C=C\CCCCCCCCCCCC(=O)OC(CCCCCCCCCCCCCCCCCCCCCC)C(=O)O. The topological polar surface area (TPSA) is 63.6 Å². The van der Waals surface area contributed by atoms with E-state index in [0.29, 0.717) is 12.8 Å². The fraction of sp³-hybridized carbons (Fsp3) is 0.826. The molecule has 0 aliphatic rings. The molecule has 0 radical (unpaired) electrons. The van der Waals surface area contributed by atoms with Crippen molar-refractivity contribution < 1.29 is 19.4 Å². The van der Waals surface area contributed by atoms with E-state index in [9.17, 15) is 14.7 Å². The molecule has 1 N–H and O–H groups in total. The summed E-state index contributed by atoms with van der Waals surface area (Å²) in [6.07, 6.45) is 54.8. The number of allylic oxidation sites excluding steroid dienone is 6. The first-order valence-corrected chi connectivity index (χ1v) is 22.0. The molecule has 0 saturated heterocycles. The predicted molar refractivity (Wildman–Crippen MR) is 218 cm³/mol. The Bertz CT molecular complexity index is 798. The molecule has 0 aromatic heterocycles. The minimum Gasteiger partial charge on any atom is -0.479 e. The Morgan fingerprint density at radius 2 is 0.820 bits per heavy atom. The number of hydrogen-bond donors (Lipinski definition) is 1. The molecule has 0 bridgehead atoms. The number of ether oxygens (including phenoxy) is 1. The predicted octanol–water partition coefficient (Wildman–Crippen LogP) is 15.3. The zero-order valence-corrected chi connectivity index (χ0v) is 33.5. The van der Waals surface area contributed by atoms with E-state index in [-0.39, 0.29) is 5.97 Å². The molecule has 0 amide bonds. The number of carbonyl (C=O) groups excluding carboxylic acids is 1. The van der Waals surface area contributed by atoms with Gasteiger partial charge in [-0.2, -0.15) is 0 Å². The lowest BCUT2D eigenvalue weighted by Crippen LogP contribution is -2.27. The summed E-state index contributed by atoms with van der Waals surface area (Å²) in [7, 11) is 0. The second-order valence-electron chi connectivity index (χ2n) is 14.8. The number of aliphatic carboxylic acids is 1. The van der Waals surface area contributed by atoms with Gasteiger partial charge in [0.2, 0.25) is 0 Å². The summed E-state index contributed by atoms with van der Waals surface area (Å²) in [5.74, 6) is -1.35. The first-order chi connectivity index (χ1) is 24.6. The maximum atomic E-state index is 12.3. The number of rotatable bonds is 40. The Balaban J connectivity index is 3.51. The van der Waals surface area contributed by atoms with E-state index in [2.05, 4.69) is 50.3 Å². The zero-order valence-electron chi connectivity index (χ0n) is 33.5. The number of carbonyl (C=O) groups is 2. The second-order valence-corrected chi connectivity index (χ2v) is 14.8. The van der Waals surface area contributed by atoms with E-state index < -0.39 is 12.1 Å². The van der Waals surface area contributed by atoms with Gasteiger partial charge in [0.05, 0.1) is 0 Å². The summed E-state index contributed by atoms with van der Waals surface area (Å²) >= 11 is 0. The monoisotopic (exact) mass is 701 g/mol. The molecule has 0 heterocycles. The maximum Gasteiger partial charge on any atom is 0.345 e. The molecule has 4 heteroatoms. The van der Waals surface area contributed by atoms with Gasteiger partial charge in [0, 0.05) is 6.42 Å². The lowest BCUT2D eigenvalue weighted by molar-refractivity contribution is -0.164. The second kappa shape index (κ2) is 41.6. The molecule has 50 heavy (non-hydrogen) atoms. The van der Waals surface area contributed by atoms with Crippen molar-refractivity contribution in [1.29, 1.82) is 0 Å². The molecule has 0 saturated carbocycles. The lowest BCUT2D eigenvalue weighted by Gasteiger charge is -2.13. The number of unbranched alkanes of at least 4 members (excludes halogenated alkanes) is 28. The summed E-state index contributed by atoms with van der Waals surface area (Å²) in [6, 6.07) is 0. The van der Waals surface area contributed by atoms with Gasteiger partial charge in [0.15, 0.2) is 6.10 Å². The van der Waals surface area contributed by atoms with Gasteiger partial charge in [-0.05, 0) is 51.4 Å². The van der Waals surface area contributed by atoms with Crippen LogP contribution < -0.4 is 0 Å². The third-order valence-corrected chi connectivity index (χ3v) is 9.90. The molecule has 0 fully saturated rings. The van der Waals surface area contributed by atoms with E-state index in [1.807, 2.05) is 0 Å². The fourth-order valence-electron chi connectivity index (χ4n) is 6.63. The van der Waals surface area contributed by atoms with E-state index in [4.69, 9.17) is 4.74 Å². The zero-order chi connectivity index (χ0) is 36.4. The molecule has 0 aliphatic heterocycles. The first-order valence-electron chi connectivity index (χ1n) is 22.0. The number of carboxylic acid groups (broad SMARTS) is 1. The third-order valence-electron chi connectivity index (χ3n) is 9.90. The van der Waals surface area contributed by atoms with Gasteiger partial charge in [-0.25, -0.2) is 4.79 Å². The number of esters is 1. The van der Waals surface area contributed by atoms with Crippen molar-refractivity contribution in [2.75, 3.05) is 0 Å². The summed E-state index contributed by atoms with van der Waals surface area (Å²) in [5, 5.41) is 9.53. The normalized spacial score (nSPS) is 12.5. The van der Waals surface area contributed by atoms with Crippen LogP contribution >= 0.6 is 0 Å². The highest BCUT2D eigenvalue weighted by molar-refractivity contribution is 5.77. The fourth-order valence-corrected chi connectivity index (χ4v) is 6.63. The molecule has 0 rings (SSSR count). The van der Waals surface area contributed by atoms with Crippen molar-refractivity contribution in [2.24, 2.45) is 0 Å². The van der Waals surface area contributed by atoms with Crippen LogP contribution in [0, 0.1) is 0 Å². The van der Waals surface area contributed by atoms with Gasteiger partial charge >= 0.3 is 11.9 Å². The van der Waals surface area contributed by atoms with Gasteiger partial charge in [-0.1, -0.05) is 217 Å². The Hall–Kier alpha value is -1.84. The molecule has 0 aliphatic carbocycles. The van der Waals surface area contributed by atoms with Crippen molar-refractivity contribution in [3.63, 3.8) is 0 Å². The molecule has 0 spiro atoms. The Labute approximate surface area is 311 Å². The van der Waals surface area contributed by atoms with Crippen molar-refractivity contribution in [1.82, 2.24) is 0 Å². The van der Waals surface area contributed by atoms with E-state index in [1.165, 1.54) is 154 Å². The Morgan fingerprint density at radius 1 is 0.460 bits per heavy atom. The van der Waals surface area contributed by atoms with Gasteiger partial charge in [0.1, 0.15) is 0 Å². The van der Waals surface area contributed by atoms with E-state index in [1.54, 1.807) is 0 Å². The van der Waals surface area contributed by atoms with E-state index >= 15 is 0 Å². The molecule has 4 nitrogen and oxygen atoms in total. The molecular formula is C46H84O4. The molecular weight excluding hydrogens is 617 g/mol. The molecule has 1 atom stereocenters. The van der Waals surface area contributed by atoms with Crippen molar-refractivity contribution in [3.8, 4) is 0 Å². The van der Waals surface area contributed by atoms with Crippen molar-refractivity contribution >= 4 is 11.9 Å². The van der Waals surface area contributed by atoms with Crippen LogP contribution in [0.3, 0.4) is 0 Å². The standard InChI is InChI=1S/C46H84O4/c1-3-5-7-9-11-13-15-17-19-21-23-25-26-28-30-32-34-36-38-40-42-44(46(48)49)50-45(47)43-41-39-37-35-33-31-29-27-24-22-20-18-16-14-12-10-8-6-4-2/h6,8,12,14,18,20,44H,3-5,7,9-11,13,15-17,19,21-43H2,1-2H3,(H,48,49)/b8-6-,14-12-,20-18-. The molecule has 0 aromatic rings. The highest BCUT2D eigenvalue weighted by Gasteiger charge is 2.21. The highest BCUT2D eigenvalue weighted by atomic mass is 16.6. The van der Waals surface area contributed by atoms with Crippen LogP contribution in [0.5, 0.6) is 0 Å². The lowest BCUT2D eigenvalue weighted by atomic mass is 10.0. The van der Waals surface area contributed by atoms with Crippen molar-refractivity contribution in [2.45, 2.75) is 245 Å². The van der Waals surface area contributed by atoms with Gasteiger partial charge in [-0.3, -0.25) is 4.79 Å². The largest absolute Gasteiger partial charge is 0.479 e. The van der Waals surface area contributed by atoms with Crippen molar-refractivity contribution in [3.05, 3.63) is 36.5 Å². The average molecular weight is 701 g/mol. The maximum absolute atomic E-state index is 12.3. The van der Waals surface area contributed by atoms with Gasteiger partial charge in [-0.15, -0.1) is 0 Å². The van der Waals surface area contributed by atoms with Crippen LogP contribution in [0.25, 0.3) is 0 Å². The van der Waals surface area contributed by atoms with Crippen LogP contribution in [0.15, 0.2) is 36.5 Å². The molecule has 1 unspecified atom stereocenters. The summed E-state index contributed by atoms with van der Waals surface area (Å²) in [4.78, 5) is 23.9. The van der Waals surface area contributed by atoms with Gasteiger partial charge < -0.3 is 9.84 Å². The minimum absolute atomic E-state index is 0.336. The Morgan fingerprint density at radius 3 is 1.24 bits per heavy atom. The van der Waals surface area contributed by atoms with Crippen LogP contribution in [0.1, 0.15) is 239 Å². The first kappa shape index (κ1) is 48.2. The minimum atomic E-state index is -1.00. The number of carboxylic acids is 1. The smallest absolute Gasteiger partial charge is 0.345 e. The highest BCUT2D eigenvalue weighted by Crippen LogP contribution is 2.17. The quantitative estimate of drug-likeness (QED) is 0.0393. The molecule has 0 aromatic carbocycles.